The third-order valence-electron chi connectivity index (χ3n) is 2.63. The maximum Gasteiger partial charge on any atom is 0.419 e. The van der Waals surface area contributed by atoms with Crippen LogP contribution >= 0.6 is 0 Å². The van der Waals surface area contributed by atoms with Crippen molar-refractivity contribution in [3.05, 3.63) is 59.3 Å². The number of rotatable bonds is 3. The average Bonchev–Trinajstić information content (AvgIpc) is 2.44. The molecule has 0 fully saturated rings. The third-order valence-corrected chi connectivity index (χ3v) is 2.63. The van der Waals surface area contributed by atoms with Gasteiger partial charge in [-0.05, 0) is 29.8 Å². The van der Waals surface area contributed by atoms with Crippen molar-refractivity contribution in [1.29, 1.82) is 5.26 Å². The zero-order valence-corrected chi connectivity index (χ0v) is 10.3. The zero-order chi connectivity index (χ0) is 14.6. The van der Waals surface area contributed by atoms with Gasteiger partial charge in [0.15, 0.2) is 0 Å². The summed E-state index contributed by atoms with van der Waals surface area (Å²) in [5, 5.41) is 11.4. The molecule has 0 aliphatic carbocycles. The number of hydrogen-bond donors (Lipinski definition) is 1. The number of hydrogen-bond acceptors (Lipinski definition) is 3. The summed E-state index contributed by atoms with van der Waals surface area (Å²) < 4.78 is 38.3. The van der Waals surface area contributed by atoms with Gasteiger partial charge in [0, 0.05) is 12.7 Å². The van der Waals surface area contributed by atoms with Crippen LogP contribution in [-0.4, -0.2) is 4.98 Å². The number of nitrogens with zero attached hydrogens (tertiary/aromatic N) is 2. The van der Waals surface area contributed by atoms with Gasteiger partial charge in [-0.3, -0.25) is 0 Å². The van der Waals surface area contributed by atoms with Crippen molar-refractivity contribution < 1.29 is 13.2 Å². The molecule has 0 amide bonds. The Kier molecular flexibility index (Phi) is 3.89. The van der Waals surface area contributed by atoms with Crippen LogP contribution in [0.3, 0.4) is 0 Å². The van der Waals surface area contributed by atoms with E-state index in [4.69, 9.17) is 5.26 Å². The molecule has 0 aliphatic heterocycles. The molecule has 1 heterocycles. The first-order valence-corrected chi connectivity index (χ1v) is 5.76. The second-order valence-corrected chi connectivity index (χ2v) is 4.06. The lowest BCUT2D eigenvalue weighted by molar-refractivity contribution is -0.137. The number of pyridine rings is 1. The van der Waals surface area contributed by atoms with Gasteiger partial charge in [0.2, 0.25) is 0 Å². The molecule has 0 radical (unpaired) electrons. The van der Waals surface area contributed by atoms with Crippen LogP contribution in [0, 0.1) is 11.3 Å². The maximum absolute atomic E-state index is 12.8. The van der Waals surface area contributed by atoms with E-state index in [1.54, 1.807) is 24.3 Å². The fraction of sp³-hybridized carbons (Fsp3) is 0.143. The van der Waals surface area contributed by atoms with Gasteiger partial charge in [0.25, 0.3) is 0 Å². The Morgan fingerprint density at radius 1 is 1.20 bits per heavy atom. The van der Waals surface area contributed by atoms with Crippen LogP contribution in [0.25, 0.3) is 0 Å². The molecule has 102 valence electrons. The van der Waals surface area contributed by atoms with Gasteiger partial charge in [0.05, 0.1) is 17.2 Å². The molecule has 0 saturated carbocycles. The average molecular weight is 277 g/mol. The summed E-state index contributed by atoms with van der Waals surface area (Å²) >= 11 is 0. The lowest BCUT2D eigenvalue weighted by Gasteiger charge is -2.13. The fourth-order valence-electron chi connectivity index (χ4n) is 1.71. The molecule has 20 heavy (non-hydrogen) atoms. The Morgan fingerprint density at radius 2 is 2.00 bits per heavy atom. The number of alkyl halides is 3. The van der Waals surface area contributed by atoms with Crippen LogP contribution in [0.5, 0.6) is 0 Å². The van der Waals surface area contributed by atoms with Crippen LogP contribution in [0.15, 0.2) is 42.6 Å². The first-order valence-electron chi connectivity index (χ1n) is 5.76. The zero-order valence-electron chi connectivity index (χ0n) is 10.3. The number of aromatic nitrogens is 1. The van der Waals surface area contributed by atoms with Crippen molar-refractivity contribution in [3.8, 4) is 6.07 Å². The Labute approximate surface area is 113 Å². The summed E-state index contributed by atoms with van der Waals surface area (Å²) in [4.78, 5) is 3.71. The van der Waals surface area contributed by atoms with Crippen molar-refractivity contribution >= 4 is 5.82 Å². The number of halogens is 3. The summed E-state index contributed by atoms with van der Waals surface area (Å²) in [5.41, 5.74) is 0.362. The van der Waals surface area contributed by atoms with Gasteiger partial charge in [-0.2, -0.15) is 18.4 Å². The molecule has 2 aromatic rings. The SMILES string of the molecule is N#Cc1cccc(CNc2ncccc2C(F)(F)F)c1. The van der Waals surface area contributed by atoms with E-state index < -0.39 is 11.7 Å². The molecule has 1 aromatic carbocycles. The Morgan fingerprint density at radius 3 is 2.70 bits per heavy atom. The van der Waals surface area contributed by atoms with Crippen LogP contribution in [0.4, 0.5) is 19.0 Å². The molecule has 0 saturated heterocycles. The molecule has 0 aliphatic rings. The molecule has 1 aromatic heterocycles. The molecular formula is C14H10F3N3. The topological polar surface area (TPSA) is 48.7 Å². The first kappa shape index (κ1) is 13.9. The normalized spacial score (nSPS) is 10.9. The predicted molar refractivity (Wildman–Crippen MR) is 67.7 cm³/mol. The molecule has 3 nitrogen and oxygen atoms in total. The summed E-state index contributed by atoms with van der Waals surface area (Å²) in [6.45, 7) is 0.162. The molecule has 0 spiro atoms. The van der Waals surface area contributed by atoms with Crippen molar-refractivity contribution in [2.75, 3.05) is 5.32 Å². The van der Waals surface area contributed by atoms with Crippen LogP contribution in [-0.2, 0) is 12.7 Å². The lowest BCUT2D eigenvalue weighted by atomic mass is 10.1. The highest BCUT2D eigenvalue weighted by Crippen LogP contribution is 2.33. The standard InChI is InChI=1S/C14H10F3N3/c15-14(16,17)12-5-2-6-19-13(12)20-9-11-4-1-3-10(7-11)8-18/h1-7H,9H2,(H,19,20). The van der Waals surface area contributed by atoms with Crippen molar-refractivity contribution in [1.82, 2.24) is 4.98 Å². The van der Waals surface area contributed by atoms with E-state index in [2.05, 4.69) is 10.3 Å². The second kappa shape index (κ2) is 5.61. The minimum Gasteiger partial charge on any atom is -0.365 e. The van der Waals surface area contributed by atoms with Gasteiger partial charge >= 0.3 is 6.18 Å². The van der Waals surface area contributed by atoms with Crippen molar-refractivity contribution in [2.45, 2.75) is 12.7 Å². The highest BCUT2D eigenvalue weighted by molar-refractivity contribution is 5.46. The monoisotopic (exact) mass is 277 g/mol. The smallest absolute Gasteiger partial charge is 0.365 e. The second-order valence-electron chi connectivity index (χ2n) is 4.06. The molecule has 1 N–H and O–H groups in total. The number of nitrogens with one attached hydrogen (secondary N) is 1. The molecular weight excluding hydrogens is 267 g/mol. The van der Waals surface area contributed by atoms with E-state index in [1.165, 1.54) is 12.3 Å². The molecule has 0 unspecified atom stereocenters. The summed E-state index contributed by atoms with van der Waals surface area (Å²) in [7, 11) is 0. The largest absolute Gasteiger partial charge is 0.419 e. The highest BCUT2D eigenvalue weighted by atomic mass is 19.4. The molecule has 2 rings (SSSR count). The third kappa shape index (κ3) is 3.26. The predicted octanol–water partition coefficient (Wildman–Crippen LogP) is 3.58. The molecule has 0 atom stereocenters. The summed E-state index contributed by atoms with van der Waals surface area (Å²) in [6, 6.07) is 10.8. The summed E-state index contributed by atoms with van der Waals surface area (Å²) in [5.74, 6) is -0.220. The van der Waals surface area contributed by atoms with Gasteiger partial charge in [-0.25, -0.2) is 4.98 Å². The molecule has 0 bridgehead atoms. The van der Waals surface area contributed by atoms with Crippen molar-refractivity contribution in [2.24, 2.45) is 0 Å². The maximum atomic E-state index is 12.8. The van der Waals surface area contributed by atoms with E-state index in [1.807, 2.05) is 6.07 Å². The van der Waals surface area contributed by atoms with E-state index in [9.17, 15) is 13.2 Å². The Hall–Kier alpha value is -2.55. The van der Waals surface area contributed by atoms with Crippen LogP contribution in [0.1, 0.15) is 16.7 Å². The van der Waals surface area contributed by atoms with Gasteiger partial charge in [0.1, 0.15) is 5.82 Å². The van der Waals surface area contributed by atoms with E-state index in [-0.39, 0.29) is 12.4 Å². The van der Waals surface area contributed by atoms with Gasteiger partial charge in [-0.1, -0.05) is 12.1 Å². The van der Waals surface area contributed by atoms with E-state index in [0.717, 1.165) is 6.07 Å². The minimum absolute atomic E-state index is 0.162. The van der Waals surface area contributed by atoms with Crippen LogP contribution in [0.2, 0.25) is 0 Å². The molecule has 6 heteroatoms. The van der Waals surface area contributed by atoms with E-state index in [0.29, 0.717) is 11.1 Å². The summed E-state index contributed by atoms with van der Waals surface area (Å²) in [6.07, 6.45) is -3.16. The van der Waals surface area contributed by atoms with Crippen LogP contribution < -0.4 is 5.32 Å². The highest BCUT2D eigenvalue weighted by Gasteiger charge is 2.33. The van der Waals surface area contributed by atoms with E-state index >= 15 is 0 Å². The quantitative estimate of drug-likeness (QED) is 0.932. The minimum atomic E-state index is -4.45. The number of nitriles is 1. The first-order chi connectivity index (χ1) is 9.50. The Balaban J connectivity index is 2.17. The number of benzene rings is 1. The fourth-order valence-corrected chi connectivity index (χ4v) is 1.71. The van der Waals surface area contributed by atoms with Gasteiger partial charge in [-0.15, -0.1) is 0 Å². The number of anilines is 1. The van der Waals surface area contributed by atoms with Crippen molar-refractivity contribution in [3.63, 3.8) is 0 Å². The van der Waals surface area contributed by atoms with Gasteiger partial charge < -0.3 is 5.32 Å². The lowest BCUT2D eigenvalue weighted by Crippen LogP contribution is -2.12. The Bertz CT molecular complexity index is 645.